The SMILES string of the molecule is C/C=C(\NC(=O)CCCNC(=O)CC(C)C)C(=O)O. The molecule has 0 saturated carbocycles. The molecule has 0 aromatic rings. The van der Waals surface area contributed by atoms with Gasteiger partial charge in [0.15, 0.2) is 0 Å². The molecule has 0 heterocycles. The molecule has 0 aliphatic carbocycles. The Hall–Kier alpha value is -1.85. The van der Waals surface area contributed by atoms with Crippen molar-refractivity contribution < 1.29 is 19.5 Å². The molecule has 0 aromatic heterocycles. The molecule has 108 valence electrons. The number of carbonyl (C=O) groups is 3. The van der Waals surface area contributed by atoms with E-state index in [1.807, 2.05) is 13.8 Å². The average Bonchev–Trinajstić information content (AvgIpc) is 2.30. The van der Waals surface area contributed by atoms with E-state index in [1.165, 1.54) is 13.0 Å². The van der Waals surface area contributed by atoms with E-state index >= 15 is 0 Å². The minimum Gasteiger partial charge on any atom is -0.477 e. The molecule has 0 aliphatic rings. The summed E-state index contributed by atoms with van der Waals surface area (Å²) in [5, 5.41) is 13.7. The van der Waals surface area contributed by atoms with E-state index in [1.54, 1.807) is 0 Å². The normalized spacial score (nSPS) is 11.3. The third-order valence-electron chi connectivity index (χ3n) is 2.29. The number of carbonyl (C=O) groups excluding carboxylic acids is 2. The minimum atomic E-state index is -1.17. The molecule has 0 radical (unpaired) electrons. The standard InChI is InChI=1S/C13H22N2O4/c1-4-10(13(18)19)15-11(16)6-5-7-14-12(17)8-9(2)3/h4,9H,5-8H2,1-3H3,(H,14,17)(H,15,16)(H,18,19)/b10-4-. The van der Waals surface area contributed by atoms with Crippen molar-refractivity contribution in [2.75, 3.05) is 6.54 Å². The molecule has 0 aromatic carbocycles. The van der Waals surface area contributed by atoms with Crippen molar-refractivity contribution >= 4 is 17.8 Å². The molecule has 0 aliphatic heterocycles. The van der Waals surface area contributed by atoms with Crippen LogP contribution in [0.5, 0.6) is 0 Å². The fourth-order valence-corrected chi connectivity index (χ4v) is 1.38. The van der Waals surface area contributed by atoms with E-state index in [0.717, 1.165) is 0 Å². The number of hydrogen-bond donors (Lipinski definition) is 3. The van der Waals surface area contributed by atoms with Crippen LogP contribution in [0.25, 0.3) is 0 Å². The van der Waals surface area contributed by atoms with Gasteiger partial charge >= 0.3 is 5.97 Å². The lowest BCUT2D eigenvalue weighted by Gasteiger charge is -2.07. The van der Waals surface area contributed by atoms with Gasteiger partial charge in [0.2, 0.25) is 11.8 Å². The Morgan fingerprint density at radius 3 is 2.32 bits per heavy atom. The van der Waals surface area contributed by atoms with Crippen LogP contribution in [0.4, 0.5) is 0 Å². The number of allylic oxidation sites excluding steroid dienone is 1. The zero-order valence-electron chi connectivity index (χ0n) is 11.7. The van der Waals surface area contributed by atoms with Crippen LogP contribution < -0.4 is 10.6 Å². The number of hydrogen-bond acceptors (Lipinski definition) is 3. The van der Waals surface area contributed by atoms with Crippen molar-refractivity contribution in [3.63, 3.8) is 0 Å². The number of carboxylic acids is 1. The second-order valence-corrected chi connectivity index (χ2v) is 4.61. The van der Waals surface area contributed by atoms with Crippen LogP contribution in [0.1, 0.15) is 40.0 Å². The molecule has 19 heavy (non-hydrogen) atoms. The lowest BCUT2D eigenvalue weighted by atomic mass is 10.1. The Kier molecular flexibility index (Phi) is 8.24. The van der Waals surface area contributed by atoms with Crippen molar-refractivity contribution in [3.05, 3.63) is 11.8 Å². The van der Waals surface area contributed by atoms with E-state index < -0.39 is 5.97 Å². The molecule has 0 fully saturated rings. The first-order chi connectivity index (χ1) is 8.86. The summed E-state index contributed by atoms with van der Waals surface area (Å²) >= 11 is 0. The van der Waals surface area contributed by atoms with Crippen LogP contribution in [0.15, 0.2) is 11.8 Å². The minimum absolute atomic E-state index is 0.0323. The van der Waals surface area contributed by atoms with Crippen LogP contribution >= 0.6 is 0 Å². The Morgan fingerprint density at radius 1 is 1.21 bits per heavy atom. The zero-order chi connectivity index (χ0) is 14.8. The first-order valence-electron chi connectivity index (χ1n) is 6.33. The molecular weight excluding hydrogens is 248 g/mol. The summed E-state index contributed by atoms with van der Waals surface area (Å²) in [7, 11) is 0. The van der Waals surface area contributed by atoms with Gasteiger partial charge in [-0.25, -0.2) is 4.79 Å². The van der Waals surface area contributed by atoms with Gasteiger partial charge in [-0.15, -0.1) is 0 Å². The van der Waals surface area contributed by atoms with Gasteiger partial charge in [0.05, 0.1) is 0 Å². The highest BCUT2D eigenvalue weighted by Gasteiger charge is 2.10. The summed E-state index contributed by atoms with van der Waals surface area (Å²) in [6, 6.07) is 0. The highest BCUT2D eigenvalue weighted by Crippen LogP contribution is 1.98. The molecule has 2 amide bonds. The number of carboxylic acid groups (broad SMARTS) is 1. The highest BCUT2D eigenvalue weighted by atomic mass is 16.4. The van der Waals surface area contributed by atoms with Gasteiger partial charge < -0.3 is 15.7 Å². The predicted octanol–water partition coefficient (Wildman–Crippen LogP) is 1.03. The first kappa shape index (κ1) is 17.2. The predicted molar refractivity (Wildman–Crippen MR) is 71.2 cm³/mol. The third kappa shape index (κ3) is 8.82. The smallest absolute Gasteiger partial charge is 0.352 e. The molecule has 0 bridgehead atoms. The van der Waals surface area contributed by atoms with E-state index in [9.17, 15) is 14.4 Å². The summed E-state index contributed by atoms with van der Waals surface area (Å²) in [4.78, 5) is 33.4. The second-order valence-electron chi connectivity index (χ2n) is 4.61. The van der Waals surface area contributed by atoms with Gasteiger partial charge in [-0.2, -0.15) is 0 Å². The zero-order valence-corrected chi connectivity index (χ0v) is 11.7. The number of aliphatic carboxylic acids is 1. The second kappa shape index (κ2) is 9.13. The molecule has 0 atom stereocenters. The van der Waals surface area contributed by atoms with Crippen LogP contribution in [-0.4, -0.2) is 29.4 Å². The maximum absolute atomic E-state index is 11.4. The summed E-state index contributed by atoms with van der Waals surface area (Å²) in [5.41, 5.74) is -0.131. The molecule has 6 heteroatoms. The number of nitrogens with one attached hydrogen (secondary N) is 2. The van der Waals surface area contributed by atoms with Gasteiger partial charge in [0.25, 0.3) is 0 Å². The molecule has 0 spiro atoms. The van der Waals surface area contributed by atoms with Crippen molar-refractivity contribution in [1.82, 2.24) is 10.6 Å². The van der Waals surface area contributed by atoms with Gasteiger partial charge in [-0.3, -0.25) is 9.59 Å². The fraction of sp³-hybridized carbons (Fsp3) is 0.615. The van der Waals surface area contributed by atoms with Gasteiger partial charge in [0, 0.05) is 19.4 Å². The van der Waals surface area contributed by atoms with Crippen LogP contribution in [0.2, 0.25) is 0 Å². The fourth-order valence-electron chi connectivity index (χ4n) is 1.38. The third-order valence-corrected chi connectivity index (χ3v) is 2.29. The van der Waals surface area contributed by atoms with E-state index in [-0.39, 0.29) is 23.9 Å². The van der Waals surface area contributed by atoms with Crippen molar-refractivity contribution in [2.24, 2.45) is 5.92 Å². The topological polar surface area (TPSA) is 95.5 Å². The Balaban J connectivity index is 3.81. The van der Waals surface area contributed by atoms with Crippen molar-refractivity contribution in [1.29, 1.82) is 0 Å². The van der Waals surface area contributed by atoms with E-state index in [2.05, 4.69) is 10.6 Å². The molecule has 0 saturated heterocycles. The molecule has 0 unspecified atom stereocenters. The van der Waals surface area contributed by atoms with Gasteiger partial charge in [-0.05, 0) is 19.3 Å². The average molecular weight is 270 g/mol. The molecule has 6 nitrogen and oxygen atoms in total. The van der Waals surface area contributed by atoms with Crippen LogP contribution in [-0.2, 0) is 14.4 Å². The monoisotopic (exact) mass is 270 g/mol. The molecular formula is C13H22N2O4. The number of amides is 2. The highest BCUT2D eigenvalue weighted by molar-refractivity contribution is 5.92. The largest absolute Gasteiger partial charge is 0.477 e. The van der Waals surface area contributed by atoms with Crippen LogP contribution in [0.3, 0.4) is 0 Å². The molecule has 0 rings (SSSR count). The summed E-state index contributed by atoms with van der Waals surface area (Å²) in [6.07, 6.45) is 2.44. The van der Waals surface area contributed by atoms with Crippen LogP contribution in [0, 0.1) is 5.92 Å². The quantitative estimate of drug-likeness (QED) is 0.453. The lowest BCUT2D eigenvalue weighted by Crippen LogP contribution is -2.29. The maximum atomic E-state index is 11.4. The lowest BCUT2D eigenvalue weighted by molar-refractivity contribution is -0.134. The summed E-state index contributed by atoms with van der Waals surface area (Å²) in [5.74, 6) is -1.26. The maximum Gasteiger partial charge on any atom is 0.352 e. The number of rotatable bonds is 8. The Labute approximate surface area is 113 Å². The Bertz CT molecular complexity index is 362. The van der Waals surface area contributed by atoms with Crippen molar-refractivity contribution in [2.45, 2.75) is 40.0 Å². The first-order valence-corrected chi connectivity index (χ1v) is 6.33. The van der Waals surface area contributed by atoms with E-state index in [0.29, 0.717) is 25.3 Å². The summed E-state index contributed by atoms with van der Waals surface area (Å²) in [6.45, 7) is 5.86. The Morgan fingerprint density at radius 2 is 1.84 bits per heavy atom. The van der Waals surface area contributed by atoms with Gasteiger partial charge in [-0.1, -0.05) is 19.9 Å². The molecule has 3 N–H and O–H groups in total. The van der Waals surface area contributed by atoms with E-state index in [4.69, 9.17) is 5.11 Å². The van der Waals surface area contributed by atoms with Crippen molar-refractivity contribution in [3.8, 4) is 0 Å². The summed E-state index contributed by atoms with van der Waals surface area (Å²) < 4.78 is 0. The van der Waals surface area contributed by atoms with Gasteiger partial charge in [0.1, 0.15) is 5.70 Å².